The predicted octanol–water partition coefficient (Wildman–Crippen LogP) is 3.56. The number of nitrogens with zero attached hydrogens (tertiary/aromatic N) is 1. The van der Waals surface area contributed by atoms with E-state index in [4.69, 9.17) is 4.74 Å². The molecule has 0 amide bonds. The quantitative estimate of drug-likeness (QED) is 0.800. The molecule has 0 aliphatic heterocycles. The molecular weight excluding hydrogens is 380 g/mol. The van der Waals surface area contributed by atoms with E-state index >= 15 is 0 Å². The van der Waals surface area contributed by atoms with Gasteiger partial charge in [0.2, 0.25) is 0 Å². The highest BCUT2D eigenvalue weighted by molar-refractivity contribution is 9.10. The second-order valence-electron chi connectivity index (χ2n) is 4.36. The van der Waals surface area contributed by atoms with Crippen molar-refractivity contribution in [3.05, 3.63) is 52.5 Å². The fraction of sp³-hybridized carbons (Fsp3) is 0.143. The van der Waals surface area contributed by atoms with Gasteiger partial charge in [-0.25, -0.2) is 17.2 Å². The van der Waals surface area contributed by atoms with E-state index in [0.717, 1.165) is 16.4 Å². The molecule has 118 valence electrons. The molecule has 0 saturated heterocycles. The molecule has 0 radical (unpaired) electrons. The van der Waals surface area contributed by atoms with E-state index in [9.17, 15) is 17.2 Å². The van der Waals surface area contributed by atoms with Gasteiger partial charge < -0.3 is 4.74 Å². The monoisotopic (exact) mass is 391 g/mol. The summed E-state index contributed by atoms with van der Waals surface area (Å²) >= 11 is 3.09. The lowest BCUT2D eigenvalue weighted by Crippen LogP contribution is -2.27. The topological polar surface area (TPSA) is 46.6 Å². The van der Waals surface area contributed by atoms with Crippen LogP contribution in [0.15, 0.2) is 45.8 Å². The van der Waals surface area contributed by atoms with Gasteiger partial charge >= 0.3 is 0 Å². The number of hydrogen-bond donors (Lipinski definition) is 0. The lowest BCUT2D eigenvalue weighted by atomic mass is 10.3. The van der Waals surface area contributed by atoms with Crippen molar-refractivity contribution in [1.29, 1.82) is 0 Å². The zero-order chi connectivity index (χ0) is 16.5. The van der Waals surface area contributed by atoms with Crippen molar-refractivity contribution in [1.82, 2.24) is 0 Å². The van der Waals surface area contributed by atoms with Crippen LogP contribution >= 0.6 is 15.9 Å². The van der Waals surface area contributed by atoms with Crippen molar-refractivity contribution in [2.24, 2.45) is 0 Å². The summed E-state index contributed by atoms with van der Waals surface area (Å²) in [5.74, 6) is -1.60. The normalized spacial score (nSPS) is 11.3. The van der Waals surface area contributed by atoms with E-state index in [1.807, 2.05) is 0 Å². The third-order valence-corrected chi connectivity index (χ3v) is 5.29. The van der Waals surface area contributed by atoms with E-state index in [2.05, 4.69) is 15.9 Å². The molecule has 0 atom stereocenters. The standard InChI is InChI=1S/C14H12BrF2NO3S/c1-18(13-5-3-9(15)7-11(13)16)22(19,20)10-4-6-14(21-2)12(17)8-10/h3-8H,1-2H3. The average molecular weight is 392 g/mol. The number of halogens is 3. The molecule has 0 spiro atoms. The van der Waals surface area contributed by atoms with Gasteiger partial charge in [0.05, 0.1) is 17.7 Å². The molecule has 0 aliphatic rings. The second-order valence-corrected chi connectivity index (χ2v) is 7.25. The summed E-state index contributed by atoms with van der Waals surface area (Å²) in [4.78, 5) is -0.296. The summed E-state index contributed by atoms with van der Waals surface area (Å²) in [5, 5.41) is 0. The van der Waals surface area contributed by atoms with E-state index < -0.39 is 21.7 Å². The highest BCUT2D eigenvalue weighted by atomic mass is 79.9. The van der Waals surface area contributed by atoms with Crippen LogP contribution in [0.5, 0.6) is 5.75 Å². The summed E-state index contributed by atoms with van der Waals surface area (Å²) in [6.45, 7) is 0. The Balaban J connectivity index is 2.47. The number of anilines is 1. The fourth-order valence-electron chi connectivity index (χ4n) is 1.83. The van der Waals surface area contributed by atoms with Gasteiger partial charge in [-0.05, 0) is 36.4 Å². The summed E-state index contributed by atoms with van der Waals surface area (Å²) in [6.07, 6.45) is 0. The second kappa shape index (κ2) is 6.21. The smallest absolute Gasteiger partial charge is 0.264 e. The van der Waals surface area contributed by atoms with Gasteiger partial charge in [-0.3, -0.25) is 4.31 Å². The molecule has 0 aromatic heterocycles. The molecule has 0 aliphatic carbocycles. The Morgan fingerprint density at radius 2 is 1.77 bits per heavy atom. The molecule has 0 bridgehead atoms. The molecule has 0 heterocycles. The number of benzene rings is 2. The van der Waals surface area contributed by atoms with Crippen LogP contribution in [-0.4, -0.2) is 22.6 Å². The van der Waals surface area contributed by atoms with Gasteiger partial charge in [0.1, 0.15) is 5.82 Å². The first-order chi connectivity index (χ1) is 10.3. The zero-order valence-corrected chi connectivity index (χ0v) is 14.1. The maximum absolute atomic E-state index is 13.9. The van der Waals surface area contributed by atoms with Crippen LogP contribution in [0.2, 0.25) is 0 Å². The zero-order valence-electron chi connectivity index (χ0n) is 11.7. The van der Waals surface area contributed by atoms with Crippen molar-refractivity contribution in [3.8, 4) is 5.75 Å². The van der Waals surface area contributed by atoms with Crippen molar-refractivity contribution in [2.75, 3.05) is 18.5 Å². The molecule has 2 rings (SSSR count). The van der Waals surface area contributed by atoms with Gasteiger partial charge in [-0.2, -0.15) is 0 Å². The molecule has 0 N–H and O–H groups in total. The van der Waals surface area contributed by atoms with Crippen molar-refractivity contribution in [2.45, 2.75) is 4.90 Å². The van der Waals surface area contributed by atoms with Crippen molar-refractivity contribution in [3.63, 3.8) is 0 Å². The van der Waals surface area contributed by atoms with Crippen LogP contribution in [0, 0.1) is 11.6 Å². The van der Waals surface area contributed by atoms with E-state index in [1.54, 1.807) is 0 Å². The van der Waals surface area contributed by atoms with Crippen LogP contribution in [0.4, 0.5) is 14.5 Å². The summed E-state index contributed by atoms with van der Waals surface area (Å²) in [5.41, 5.74) is -0.139. The van der Waals surface area contributed by atoms with Crippen LogP contribution in [0.3, 0.4) is 0 Å². The largest absolute Gasteiger partial charge is 0.494 e. The lowest BCUT2D eigenvalue weighted by molar-refractivity contribution is 0.385. The van der Waals surface area contributed by atoms with Gasteiger partial charge in [0.25, 0.3) is 10.0 Å². The number of hydrogen-bond acceptors (Lipinski definition) is 3. The Morgan fingerprint density at radius 3 is 2.32 bits per heavy atom. The fourth-order valence-corrected chi connectivity index (χ4v) is 3.38. The molecular formula is C14H12BrF2NO3S. The van der Waals surface area contributed by atoms with E-state index in [1.165, 1.54) is 38.4 Å². The summed E-state index contributed by atoms with van der Waals surface area (Å²) in [7, 11) is -1.62. The highest BCUT2D eigenvalue weighted by Crippen LogP contribution is 2.28. The Bertz CT molecular complexity index is 812. The van der Waals surface area contributed by atoms with E-state index in [-0.39, 0.29) is 16.3 Å². The third-order valence-electron chi connectivity index (χ3n) is 3.03. The number of sulfonamides is 1. The molecule has 0 fully saturated rings. The average Bonchev–Trinajstić information content (AvgIpc) is 2.46. The van der Waals surface area contributed by atoms with Crippen molar-refractivity contribution < 1.29 is 21.9 Å². The molecule has 2 aromatic rings. The van der Waals surface area contributed by atoms with Crippen LogP contribution in [-0.2, 0) is 10.0 Å². The first kappa shape index (κ1) is 16.7. The Morgan fingerprint density at radius 1 is 1.09 bits per heavy atom. The third kappa shape index (κ3) is 3.07. The lowest BCUT2D eigenvalue weighted by Gasteiger charge is -2.20. The van der Waals surface area contributed by atoms with Gasteiger partial charge in [0.15, 0.2) is 11.6 Å². The Hall–Kier alpha value is -1.67. The van der Waals surface area contributed by atoms with Gasteiger partial charge in [-0.15, -0.1) is 0 Å². The summed E-state index contributed by atoms with van der Waals surface area (Å²) in [6, 6.07) is 7.21. The minimum Gasteiger partial charge on any atom is -0.494 e. The number of methoxy groups -OCH3 is 1. The Kier molecular flexibility index (Phi) is 4.72. The maximum atomic E-state index is 13.9. The van der Waals surface area contributed by atoms with Crippen molar-refractivity contribution >= 4 is 31.6 Å². The molecule has 22 heavy (non-hydrogen) atoms. The molecule has 2 aromatic carbocycles. The van der Waals surface area contributed by atoms with Gasteiger partial charge in [0, 0.05) is 11.5 Å². The minimum atomic E-state index is -4.09. The van der Waals surface area contributed by atoms with Crippen LogP contribution in [0.25, 0.3) is 0 Å². The maximum Gasteiger partial charge on any atom is 0.264 e. The highest BCUT2D eigenvalue weighted by Gasteiger charge is 2.24. The molecule has 8 heteroatoms. The Labute approximate surface area is 135 Å². The predicted molar refractivity (Wildman–Crippen MR) is 82.6 cm³/mol. The summed E-state index contributed by atoms with van der Waals surface area (Å²) < 4.78 is 58.5. The number of ether oxygens (including phenoxy) is 1. The number of rotatable bonds is 4. The van der Waals surface area contributed by atoms with E-state index in [0.29, 0.717) is 4.47 Å². The first-order valence-electron chi connectivity index (χ1n) is 6.05. The minimum absolute atomic E-state index is 0.0728. The SMILES string of the molecule is COc1ccc(S(=O)(=O)N(C)c2ccc(Br)cc2F)cc1F. The molecule has 0 unspecified atom stereocenters. The molecule has 0 saturated carbocycles. The first-order valence-corrected chi connectivity index (χ1v) is 8.28. The molecule has 4 nitrogen and oxygen atoms in total. The van der Waals surface area contributed by atoms with Crippen LogP contribution < -0.4 is 9.04 Å². The van der Waals surface area contributed by atoms with Gasteiger partial charge in [-0.1, -0.05) is 15.9 Å². The van der Waals surface area contributed by atoms with Crippen LogP contribution in [0.1, 0.15) is 0 Å².